The number of ether oxygens (including phenoxy) is 1. The van der Waals surface area contributed by atoms with Gasteiger partial charge in [0, 0.05) is 31.5 Å². The molecule has 0 saturated carbocycles. The summed E-state index contributed by atoms with van der Waals surface area (Å²) in [7, 11) is 1.66. The zero-order chi connectivity index (χ0) is 20.8. The summed E-state index contributed by atoms with van der Waals surface area (Å²) < 4.78 is 5.18. The Morgan fingerprint density at radius 2 is 1.83 bits per heavy atom. The molecule has 1 N–H and O–H groups in total. The molecule has 0 radical (unpaired) electrons. The summed E-state index contributed by atoms with van der Waals surface area (Å²) in [6.07, 6.45) is 4.22. The summed E-state index contributed by atoms with van der Waals surface area (Å²) in [5.74, 6) is 3.30. The van der Waals surface area contributed by atoms with Crippen molar-refractivity contribution in [2.24, 2.45) is 5.92 Å². The number of hydrogen-bond donors (Lipinski definition) is 1. The summed E-state index contributed by atoms with van der Waals surface area (Å²) in [4.78, 5) is 19.3. The first kappa shape index (κ1) is 20.1. The van der Waals surface area contributed by atoms with Gasteiger partial charge in [0.15, 0.2) is 5.82 Å². The fourth-order valence-electron chi connectivity index (χ4n) is 3.96. The van der Waals surface area contributed by atoms with Crippen LogP contribution in [0.4, 0.5) is 0 Å². The highest BCUT2D eigenvalue weighted by atomic mass is 16.5. The number of aromatic nitrogens is 3. The Balaban J connectivity index is 1.22. The highest BCUT2D eigenvalue weighted by Crippen LogP contribution is 2.22. The van der Waals surface area contributed by atoms with E-state index in [1.807, 2.05) is 59.5 Å². The summed E-state index contributed by atoms with van der Waals surface area (Å²) in [5.41, 5.74) is 2.19. The number of aryl methyl sites for hydroxylation is 1. The van der Waals surface area contributed by atoms with Crippen molar-refractivity contribution in [3.8, 4) is 17.1 Å². The van der Waals surface area contributed by atoms with Gasteiger partial charge in [-0.2, -0.15) is 5.10 Å². The number of piperidine rings is 1. The second-order valence-electron chi connectivity index (χ2n) is 7.85. The predicted octanol–water partition coefficient (Wildman–Crippen LogP) is 3.89. The van der Waals surface area contributed by atoms with Crippen LogP contribution in [-0.4, -0.2) is 46.2 Å². The van der Waals surface area contributed by atoms with Crippen molar-refractivity contribution >= 4 is 5.91 Å². The fraction of sp³-hybridized carbons (Fsp3) is 0.375. The molecule has 1 aliphatic heterocycles. The lowest BCUT2D eigenvalue weighted by molar-refractivity contribution is -0.132. The van der Waals surface area contributed by atoms with Gasteiger partial charge in [-0.05, 0) is 42.9 Å². The van der Waals surface area contributed by atoms with Crippen LogP contribution in [0.2, 0.25) is 0 Å². The van der Waals surface area contributed by atoms with Gasteiger partial charge in [0.25, 0.3) is 0 Å². The second kappa shape index (κ2) is 9.57. The summed E-state index contributed by atoms with van der Waals surface area (Å²) in [6, 6.07) is 17.9. The first-order valence-corrected chi connectivity index (χ1v) is 10.6. The number of methoxy groups -OCH3 is 1. The van der Waals surface area contributed by atoms with Gasteiger partial charge >= 0.3 is 0 Å². The lowest BCUT2D eigenvalue weighted by atomic mass is 9.93. The number of nitrogens with one attached hydrogen (secondary N) is 1. The molecule has 2 heterocycles. The van der Waals surface area contributed by atoms with Gasteiger partial charge in [0.2, 0.25) is 5.91 Å². The Bertz CT molecular complexity index is 945. The molecular formula is C24H28N4O2. The van der Waals surface area contributed by atoms with Gasteiger partial charge in [0.1, 0.15) is 11.6 Å². The van der Waals surface area contributed by atoms with Gasteiger partial charge in [0.05, 0.1) is 7.11 Å². The van der Waals surface area contributed by atoms with Crippen molar-refractivity contribution in [1.29, 1.82) is 0 Å². The van der Waals surface area contributed by atoms with E-state index in [9.17, 15) is 4.79 Å². The van der Waals surface area contributed by atoms with Crippen LogP contribution in [-0.2, 0) is 17.6 Å². The number of likely N-dealkylation sites (tertiary alicyclic amines) is 1. The Kier molecular flexibility index (Phi) is 6.42. The van der Waals surface area contributed by atoms with Crippen molar-refractivity contribution < 1.29 is 9.53 Å². The Labute approximate surface area is 177 Å². The molecule has 1 aliphatic rings. The first-order chi connectivity index (χ1) is 14.7. The van der Waals surface area contributed by atoms with Crippen LogP contribution in [0.3, 0.4) is 0 Å². The number of benzene rings is 2. The molecule has 2 aromatic carbocycles. The third kappa shape index (κ3) is 5.06. The number of nitrogens with zero attached hydrogens (tertiary/aromatic N) is 3. The molecule has 0 bridgehead atoms. The van der Waals surface area contributed by atoms with Gasteiger partial charge in [-0.15, -0.1) is 0 Å². The van der Waals surface area contributed by atoms with Gasteiger partial charge in [-0.3, -0.25) is 9.89 Å². The summed E-state index contributed by atoms with van der Waals surface area (Å²) in [5, 5.41) is 7.43. The molecule has 6 nitrogen and oxygen atoms in total. The zero-order valence-corrected chi connectivity index (χ0v) is 17.4. The van der Waals surface area contributed by atoms with Crippen LogP contribution in [0, 0.1) is 5.92 Å². The van der Waals surface area contributed by atoms with E-state index >= 15 is 0 Å². The number of carbonyl (C=O) groups excluding carboxylic acids is 1. The first-order valence-electron chi connectivity index (χ1n) is 10.6. The quantitative estimate of drug-likeness (QED) is 0.648. The minimum Gasteiger partial charge on any atom is -0.497 e. The maximum Gasteiger partial charge on any atom is 0.222 e. The molecule has 4 rings (SSSR count). The number of rotatable bonds is 7. The van der Waals surface area contributed by atoms with Crippen molar-refractivity contribution in [3.05, 3.63) is 66.0 Å². The Hall–Kier alpha value is -3.15. The lowest BCUT2D eigenvalue weighted by Crippen LogP contribution is -2.39. The maximum atomic E-state index is 12.6. The molecule has 30 heavy (non-hydrogen) atoms. The number of hydrogen-bond acceptors (Lipinski definition) is 4. The van der Waals surface area contributed by atoms with Crippen LogP contribution in [0.5, 0.6) is 5.75 Å². The summed E-state index contributed by atoms with van der Waals surface area (Å²) >= 11 is 0. The van der Waals surface area contributed by atoms with E-state index in [2.05, 4.69) is 15.2 Å². The van der Waals surface area contributed by atoms with Crippen LogP contribution in [0.1, 0.15) is 30.7 Å². The zero-order valence-electron chi connectivity index (χ0n) is 17.4. The number of H-pyrrole nitrogens is 1. The molecule has 6 heteroatoms. The minimum atomic E-state index is 0.246. The smallest absolute Gasteiger partial charge is 0.222 e. The van der Waals surface area contributed by atoms with Crippen LogP contribution in [0.25, 0.3) is 11.4 Å². The maximum absolute atomic E-state index is 12.6. The van der Waals surface area contributed by atoms with E-state index in [1.165, 1.54) is 5.56 Å². The molecule has 1 amide bonds. The van der Waals surface area contributed by atoms with Crippen LogP contribution >= 0.6 is 0 Å². The Morgan fingerprint density at radius 1 is 1.10 bits per heavy atom. The van der Waals surface area contributed by atoms with Gasteiger partial charge in [-0.25, -0.2) is 4.98 Å². The van der Waals surface area contributed by atoms with E-state index in [1.54, 1.807) is 7.11 Å². The van der Waals surface area contributed by atoms with Gasteiger partial charge < -0.3 is 9.64 Å². The predicted molar refractivity (Wildman–Crippen MR) is 116 cm³/mol. The molecule has 0 spiro atoms. The average molecular weight is 405 g/mol. The third-order valence-electron chi connectivity index (χ3n) is 5.80. The van der Waals surface area contributed by atoms with Crippen molar-refractivity contribution in [1.82, 2.24) is 20.1 Å². The molecular weight excluding hydrogens is 376 g/mol. The normalized spacial score (nSPS) is 14.6. The Morgan fingerprint density at radius 3 is 2.53 bits per heavy atom. The standard InChI is InChI=1S/C24H28N4O2/c1-30-21-10-7-18(8-11-21)9-12-23(29)28-15-13-19(14-16-28)17-22-25-24(27-26-22)20-5-3-2-4-6-20/h2-8,10-11,19H,9,12-17H2,1H3,(H,25,26,27). The molecule has 0 atom stereocenters. The van der Waals surface area contributed by atoms with Crippen molar-refractivity contribution in [2.75, 3.05) is 20.2 Å². The monoisotopic (exact) mass is 404 g/mol. The van der Waals surface area contributed by atoms with E-state index in [-0.39, 0.29) is 5.91 Å². The molecule has 1 saturated heterocycles. The number of carbonyl (C=O) groups is 1. The molecule has 3 aromatic rings. The third-order valence-corrected chi connectivity index (χ3v) is 5.80. The highest BCUT2D eigenvalue weighted by Gasteiger charge is 2.23. The molecule has 1 aromatic heterocycles. The SMILES string of the molecule is COc1ccc(CCC(=O)N2CCC(Cc3nc(-c4ccccc4)n[nH]3)CC2)cc1. The topological polar surface area (TPSA) is 71.1 Å². The van der Waals surface area contributed by atoms with E-state index in [0.29, 0.717) is 12.3 Å². The van der Waals surface area contributed by atoms with Crippen molar-refractivity contribution in [3.63, 3.8) is 0 Å². The molecule has 156 valence electrons. The van der Waals surface area contributed by atoms with Crippen LogP contribution < -0.4 is 4.74 Å². The molecule has 0 unspecified atom stereocenters. The minimum absolute atomic E-state index is 0.246. The highest BCUT2D eigenvalue weighted by molar-refractivity contribution is 5.76. The molecule has 1 fully saturated rings. The number of amides is 1. The van der Waals surface area contributed by atoms with Gasteiger partial charge in [-0.1, -0.05) is 42.5 Å². The lowest BCUT2D eigenvalue weighted by Gasteiger charge is -2.31. The summed E-state index contributed by atoms with van der Waals surface area (Å²) in [6.45, 7) is 1.65. The number of aromatic amines is 1. The van der Waals surface area contributed by atoms with E-state index in [0.717, 1.165) is 61.7 Å². The largest absolute Gasteiger partial charge is 0.497 e. The van der Waals surface area contributed by atoms with Crippen molar-refractivity contribution in [2.45, 2.75) is 32.1 Å². The van der Waals surface area contributed by atoms with E-state index in [4.69, 9.17) is 4.74 Å². The molecule has 0 aliphatic carbocycles. The second-order valence-corrected chi connectivity index (χ2v) is 7.85. The van der Waals surface area contributed by atoms with E-state index < -0.39 is 0 Å². The van der Waals surface area contributed by atoms with Crippen LogP contribution in [0.15, 0.2) is 54.6 Å². The fourth-order valence-corrected chi connectivity index (χ4v) is 3.96. The average Bonchev–Trinajstić information content (AvgIpc) is 3.27.